The van der Waals surface area contributed by atoms with Gasteiger partial charge in [0, 0.05) is 57.9 Å². The molecule has 0 unspecified atom stereocenters. The first-order chi connectivity index (χ1) is 12.2. The number of anilines is 2. The Morgan fingerprint density at radius 3 is 2.44 bits per heavy atom. The molecule has 1 saturated heterocycles. The van der Waals surface area contributed by atoms with Crippen LogP contribution in [0.2, 0.25) is 0 Å². The van der Waals surface area contributed by atoms with Crippen molar-refractivity contribution >= 4 is 11.6 Å². The van der Waals surface area contributed by atoms with E-state index < -0.39 is 0 Å². The van der Waals surface area contributed by atoms with Crippen molar-refractivity contribution in [3.05, 3.63) is 30.4 Å². The van der Waals surface area contributed by atoms with Gasteiger partial charge in [-0.2, -0.15) is 0 Å². The predicted molar refractivity (Wildman–Crippen MR) is 96.7 cm³/mol. The molecule has 2 fully saturated rings. The summed E-state index contributed by atoms with van der Waals surface area (Å²) < 4.78 is 4.94. The molecule has 1 aliphatic carbocycles. The molecule has 0 aromatic carbocycles. The largest absolute Gasteiger partial charge is 0.364 e. The number of hydrogen-bond donors (Lipinski definition) is 0. The highest BCUT2D eigenvalue weighted by molar-refractivity contribution is 5.51. The Hall–Kier alpha value is -2.15. The Bertz CT molecular complexity index is 677. The summed E-state index contributed by atoms with van der Waals surface area (Å²) in [5.74, 6) is 2.05. The molecule has 0 spiro atoms. The molecular weight excluding hydrogens is 316 g/mol. The van der Waals surface area contributed by atoms with Crippen LogP contribution in [-0.4, -0.2) is 59.3 Å². The van der Waals surface area contributed by atoms with Gasteiger partial charge in [0.2, 0.25) is 0 Å². The Balaban J connectivity index is 1.43. The molecule has 0 N–H and O–H groups in total. The minimum absolute atomic E-state index is 0.561. The van der Waals surface area contributed by atoms with Crippen molar-refractivity contribution in [2.75, 3.05) is 37.0 Å². The first-order valence-corrected chi connectivity index (χ1v) is 9.10. The van der Waals surface area contributed by atoms with Crippen molar-refractivity contribution in [3.8, 4) is 0 Å². The molecule has 25 heavy (non-hydrogen) atoms. The summed E-state index contributed by atoms with van der Waals surface area (Å²) in [4.78, 5) is 16.0. The molecular formula is C18H26N6O. The van der Waals surface area contributed by atoms with Crippen molar-refractivity contribution in [1.82, 2.24) is 20.0 Å². The third-order valence-electron chi connectivity index (χ3n) is 5.13. The number of nitrogens with zero attached hydrogens (tertiary/aromatic N) is 6. The topological polar surface area (TPSA) is 61.5 Å². The van der Waals surface area contributed by atoms with Crippen LogP contribution in [0.3, 0.4) is 0 Å². The molecule has 0 atom stereocenters. The van der Waals surface area contributed by atoms with Crippen LogP contribution in [0.5, 0.6) is 0 Å². The van der Waals surface area contributed by atoms with Crippen LogP contribution >= 0.6 is 0 Å². The Morgan fingerprint density at radius 2 is 1.80 bits per heavy atom. The normalized spacial score (nSPS) is 19.1. The molecule has 1 aliphatic heterocycles. The predicted octanol–water partition coefficient (Wildman–Crippen LogP) is 2.16. The van der Waals surface area contributed by atoms with Crippen LogP contribution < -0.4 is 9.80 Å². The van der Waals surface area contributed by atoms with Gasteiger partial charge < -0.3 is 14.3 Å². The van der Waals surface area contributed by atoms with Gasteiger partial charge in [0.05, 0.1) is 5.69 Å². The van der Waals surface area contributed by atoms with Gasteiger partial charge in [-0.05, 0) is 25.7 Å². The summed E-state index contributed by atoms with van der Waals surface area (Å²) in [7, 11) is 4.05. The third-order valence-corrected chi connectivity index (χ3v) is 5.13. The number of rotatable bonds is 6. The van der Waals surface area contributed by atoms with Crippen molar-refractivity contribution < 1.29 is 4.52 Å². The summed E-state index contributed by atoms with van der Waals surface area (Å²) in [6, 6.07) is 5.29. The highest BCUT2D eigenvalue weighted by atomic mass is 16.5. The molecule has 2 aliphatic rings. The third kappa shape index (κ3) is 3.76. The monoisotopic (exact) mass is 342 g/mol. The van der Waals surface area contributed by atoms with Crippen molar-refractivity contribution in [1.29, 1.82) is 0 Å². The zero-order valence-corrected chi connectivity index (χ0v) is 15.0. The van der Waals surface area contributed by atoms with E-state index >= 15 is 0 Å². The highest BCUT2D eigenvalue weighted by Gasteiger charge is 2.36. The molecule has 3 heterocycles. The molecule has 2 aromatic heterocycles. The lowest BCUT2D eigenvalue weighted by molar-refractivity contribution is 0.195. The maximum absolute atomic E-state index is 4.94. The van der Waals surface area contributed by atoms with Gasteiger partial charge in [0.25, 0.3) is 0 Å². The van der Waals surface area contributed by atoms with Gasteiger partial charge in [0.15, 0.2) is 0 Å². The van der Waals surface area contributed by atoms with Gasteiger partial charge in [-0.3, -0.25) is 4.90 Å². The fourth-order valence-electron chi connectivity index (χ4n) is 3.65. The van der Waals surface area contributed by atoms with Crippen LogP contribution in [0.4, 0.5) is 11.6 Å². The van der Waals surface area contributed by atoms with Gasteiger partial charge in [0.1, 0.15) is 24.2 Å². The van der Waals surface area contributed by atoms with Crippen LogP contribution in [0.25, 0.3) is 0 Å². The fourth-order valence-corrected chi connectivity index (χ4v) is 3.65. The lowest BCUT2D eigenvalue weighted by Gasteiger charge is -2.39. The molecule has 7 heteroatoms. The van der Waals surface area contributed by atoms with E-state index in [2.05, 4.69) is 31.0 Å². The minimum Gasteiger partial charge on any atom is -0.364 e. The van der Waals surface area contributed by atoms with E-state index in [1.54, 1.807) is 12.6 Å². The minimum atomic E-state index is 0.561. The van der Waals surface area contributed by atoms with E-state index in [0.717, 1.165) is 49.8 Å². The van der Waals surface area contributed by atoms with E-state index in [1.807, 2.05) is 25.1 Å². The molecule has 7 nitrogen and oxygen atoms in total. The Kier molecular flexibility index (Phi) is 4.57. The van der Waals surface area contributed by atoms with Gasteiger partial charge >= 0.3 is 0 Å². The smallest absolute Gasteiger partial charge is 0.134 e. The second kappa shape index (κ2) is 7.00. The summed E-state index contributed by atoms with van der Waals surface area (Å²) in [5, 5.41) is 4.03. The second-order valence-electron chi connectivity index (χ2n) is 7.27. The van der Waals surface area contributed by atoms with Gasteiger partial charge in [-0.25, -0.2) is 9.97 Å². The fraction of sp³-hybridized carbons (Fsp3) is 0.611. The summed E-state index contributed by atoms with van der Waals surface area (Å²) in [6.45, 7) is 3.06. The zero-order chi connectivity index (χ0) is 17.2. The number of aromatic nitrogens is 3. The van der Waals surface area contributed by atoms with E-state index in [0.29, 0.717) is 12.1 Å². The van der Waals surface area contributed by atoms with E-state index in [9.17, 15) is 0 Å². The van der Waals surface area contributed by atoms with Crippen molar-refractivity contribution in [3.63, 3.8) is 0 Å². The van der Waals surface area contributed by atoms with Gasteiger partial charge in [-0.15, -0.1) is 0 Å². The average Bonchev–Trinajstić information content (AvgIpc) is 3.32. The molecule has 1 saturated carbocycles. The maximum atomic E-state index is 4.94. The molecule has 2 aromatic rings. The maximum Gasteiger partial charge on any atom is 0.134 e. The Labute approximate surface area is 148 Å². The van der Waals surface area contributed by atoms with Gasteiger partial charge in [-0.1, -0.05) is 5.16 Å². The molecule has 0 bridgehead atoms. The summed E-state index contributed by atoms with van der Waals surface area (Å²) in [6.07, 6.45) is 8.22. The van der Waals surface area contributed by atoms with E-state index in [4.69, 9.17) is 4.52 Å². The second-order valence-corrected chi connectivity index (χ2v) is 7.27. The number of hydrogen-bond acceptors (Lipinski definition) is 7. The standard InChI is InChI=1S/C18H26N6O/c1-22(2)17-11-18(20-13-19-17)24(15-3-4-15)16-5-8-23(9-6-16)12-14-7-10-25-21-14/h7,10-11,13,15-16H,3-6,8-9,12H2,1-2H3. The lowest BCUT2D eigenvalue weighted by Crippen LogP contribution is -2.46. The Morgan fingerprint density at radius 1 is 1.08 bits per heavy atom. The highest BCUT2D eigenvalue weighted by Crippen LogP contribution is 2.36. The summed E-state index contributed by atoms with van der Waals surface area (Å²) in [5.41, 5.74) is 1.02. The number of likely N-dealkylation sites (tertiary alicyclic amines) is 1. The molecule has 4 rings (SSSR count). The first-order valence-electron chi connectivity index (χ1n) is 9.10. The summed E-state index contributed by atoms with van der Waals surface area (Å²) >= 11 is 0. The van der Waals surface area contributed by atoms with Crippen LogP contribution in [-0.2, 0) is 6.54 Å². The number of piperidine rings is 1. The zero-order valence-electron chi connectivity index (χ0n) is 15.0. The van der Waals surface area contributed by atoms with E-state index in [1.165, 1.54) is 12.8 Å². The van der Waals surface area contributed by atoms with Crippen molar-refractivity contribution in [2.45, 2.75) is 44.3 Å². The van der Waals surface area contributed by atoms with E-state index in [-0.39, 0.29) is 0 Å². The van der Waals surface area contributed by atoms with Crippen molar-refractivity contribution in [2.24, 2.45) is 0 Å². The van der Waals surface area contributed by atoms with Crippen LogP contribution in [0.15, 0.2) is 29.2 Å². The lowest BCUT2D eigenvalue weighted by atomic mass is 10.0. The SMILES string of the molecule is CN(C)c1cc(N(C2CC2)C2CCN(Cc3ccon3)CC2)ncn1. The molecule has 134 valence electrons. The molecule has 0 amide bonds. The van der Waals surface area contributed by atoms with Crippen LogP contribution in [0, 0.1) is 0 Å². The quantitative estimate of drug-likeness (QED) is 0.797. The molecule has 0 radical (unpaired) electrons. The van der Waals surface area contributed by atoms with Crippen LogP contribution in [0.1, 0.15) is 31.4 Å². The average molecular weight is 342 g/mol. The first kappa shape index (κ1) is 16.3.